The predicted molar refractivity (Wildman–Crippen MR) is 108 cm³/mol. The number of sulfonamides is 1. The molecule has 2 aromatic rings. The maximum absolute atomic E-state index is 12.7. The Kier molecular flexibility index (Phi) is 6.73. The van der Waals surface area contributed by atoms with E-state index >= 15 is 0 Å². The molecule has 0 spiro atoms. The van der Waals surface area contributed by atoms with Gasteiger partial charge in [0, 0.05) is 11.6 Å². The first kappa shape index (κ1) is 21.1. The van der Waals surface area contributed by atoms with Crippen LogP contribution in [0.3, 0.4) is 0 Å². The molecule has 1 amide bonds. The van der Waals surface area contributed by atoms with Crippen LogP contribution in [0.15, 0.2) is 42.5 Å². The molecule has 0 aliphatic carbocycles. The number of anilines is 1. The van der Waals surface area contributed by atoms with Crippen LogP contribution in [-0.2, 0) is 21.4 Å². The molecule has 1 atom stereocenters. The fourth-order valence-electron chi connectivity index (χ4n) is 2.75. The third-order valence-electron chi connectivity index (χ3n) is 4.18. The highest BCUT2D eigenvalue weighted by Crippen LogP contribution is 2.34. The lowest BCUT2D eigenvalue weighted by Gasteiger charge is -2.29. The fourth-order valence-corrected chi connectivity index (χ4v) is 4.09. The van der Waals surface area contributed by atoms with Crippen LogP contribution in [0.2, 0.25) is 5.02 Å². The Morgan fingerprint density at radius 1 is 1.26 bits per heavy atom. The van der Waals surface area contributed by atoms with Gasteiger partial charge in [-0.05, 0) is 43.2 Å². The van der Waals surface area contributed by atoms with Crippen molar-refractivity contribution in [2.45, 2.75) is 26.4 Å². The Morgan fingerprint density at radius 3 is 2.52 bits per heavy atom. The van der Waals surface area contributed by atoms with E-state index < -0.39 is 22.0 Å². The molecule has 1 N–H and O–H groups in total. The molecule has 0 saturated heterocycles. The van der Waals surface area contributed by atoms with Gasteiger partial charge in [-0.25, -0.2) is 8.42 Å². The van der Waals surface area contributed by atoms with Gasteiger partial charge in [0.05, 0.1) is 19.1 Å². The van der Waals surface area contributed by atoms with Gasteiger partial charge in [-0.2, -0.15) is 0 Å². The van der Waals surface area contributed by atoms with Crippen LogP contribution in [0, 0.1) is 6.92 Å². The summed E-state index contributed by atoms with van der Waals surface area (Å²) in [4.78, 5) is 12.7. The van der Waals surface area contributed by atoms with Gasteiger partial charge in [-0.1, -0.05) is 35.9 Å². The highest BCUT2D eigenvalue weighted by atomic mass is 35.5. The summed E-state index contributed by atoms with van der Waals surface area (Å²) in [6.07, 6.45) is 1.04. The Hall–Kier alpha value is -2.25. The van der Waals surface area contributed by atoms with Gasteiger partial charge < -0.3 is 10.1 Å². The Labute approximate surface area is 165 Å². The highest BCUT2D eigenvalue weighted by molar-refractivity contribution is 7.92. The van der Waals surface area contributed by atoms with Crippen molar-refractivity contribution in [3.63, 3.8) is 0 Å². The second-order valence-electron chi connectivity index (χ2n) is 6.20. The second-order valence-corrected chi connectivity index (χ2v) is 8.49. The Morgan fingerprint density at radius 2 is 1.93 bits per heavy atom. The van der Waals surface area contributed by atoms with Crippen molar-refractivity contribution < 1.29 is 17.9 Å². The van der Waals surface area contributed by atoms with Crippen LogP contribution in [-0.4, -0.2) is 33.7 Å². The van der Waals surface area contributed by atoms with Crippen molar-refractivity contribution in [2.75, 3.05) is 17.7 Å². The van der Waals surface area contributed by atoms with Gasteiger partial charge in [0.2, 0.25) is 15.9 Å². The molecule has 0 aromatic heterocycles. The van der Waals surface area contributed by atoms with Crippen LogP contribution in [0.25, 0.3) is 0 Å². The molecule has 27 heavy (non-hydrogen) atoms. The highest BCUT2D eigenvalue weighted by Gasteiger charge is 2.31. The Balaban J connectivity index is 2.30. The zero-order valence-corrected chi connectivity index (χ0v) is 17.3. The lowest BCUT2D eigenvalue weighted by Crippen LogP contribution is -2.47. The zero-order valence-electron chi connectivity index (χ0n) is 15.7. The van der Waals surface area contributed by atoms with Crippen molar-refractivity contribution in [1.82, 2.24) is 5.32 Å². The molecular weight excluding hydrogens is 388 g/mol. The molecule has 2 rings (SSSR count). The number of hydrogen-bond acceptors (Lipinski definition) is 4. The number of nitrogens with zero attached hydrogens (tertiary/aromatic N) is 1. The molecule has 2 aromatic carbocycles. The van der Waals surface area contributed by atoms with E-state index in [1.165, 1.54) is 20.1 Å². The van der Waals surface area contributed by atoms with Gasteiger partial charge in [0.1, 0.15) is 11.8 Å². The molecule has 0 bridgehead atoms. The van der Waals surface area contributed by atoms with Crippen LogP contribution < -0.4 is 14.4 Å². The summed E-state index contributed by atoms with van der Waals surface area (Å²) in [5, 5.41) is 3.13. The van der Waals surface area contributed by atoms with E-state index in [4.69, 9.17) is 16.3 Å². The Bertz CT molecular complexity index is 931. The summed E-state index contributed by atoms with van der Waals surface area (Å²) in [6.45, 7) is 3.78. The number of amides is 1. The molecule has 0 heterocycles. The zero-order chi connectivity index (χ0) is 20.2. The molecule has 0 aliphatic rings. The van der Waals surface area contributed by atoms with Crippen molar-refractivity contribution in [3.05, 3.63) is 58.6 Å². The summed E-state index contributed by atoms with van der Waals surface area (Å²) in [5.74, 6) is -0.117. The third-order valence-corrected chi connectivity index (χ3v) is 5.64. The van der Waals surface area contributed by atoms with E-state index in [1.54, 1.807) is 12.1 Å². The first-order valence-corrected chi connectivity index (χ1v) is 10.5. The SMILES string of the molecule is COc1ccc(Cl)cc1N(C(C)C(=O)NCc1ccccc1C)S(C)(=O)=O. The number of carbonyl (C=O) groups excluding carboxylic acids is 1. The summed E-state index contributed by atoms with van der Waals surface area (Å²) in [7, 11) is -2.34. The summed E-state index contributed by atoms with van der Waals surface area (Å²) < 4.78 is 31.1. The molecule has 0 radical (unpaired) electrons. The number of carbonyl (C=O) groups is 1. The van der Waals surface area contributed by atoms with E-state index in [2.05, 4.69) is 5.32 Å². The first-order chi connectivity index (χ1) is 12.6. The van der Waals surface area contributed by atoms with Gasteiger partial charge in [-0.3, -0.25) is 9.10 Å². The largest absolute Gasteiger partial charge is 0.495 e. The van der Waals surface area contributed by atoms with E-state index in [1.807, 2.05) is 31.2 Å². The normalized spacial score (nSPS) is 12.3. The molecule has 6 nitrogen and oxygen atoms in total. The van der Waals surface area contributed by atoms with Crippen molar-refractivity contribution >= 4 is 33.2 Å². The predicted octanol–water partition coefficient (Wildman–Crippen LogP) is 3.13. The van der Waals surface area contributed by atoms with E-state index in [-0.39, 0.29) is 5.69 Å². The quantitative estimate of drug-likeness (QED) is 0.760. The fraction of sp³-hybridized carbons (Fsp3) is 0.316. The lowest BCUT2D eigenvalue weighted by atomic mass is 10.1. The smallest absolute Gasteiger partial charge is 0.243 e. The van der Waals surface area contributed by atoms with E-state index in [0.29, 0.717) is 17.3 Å². The minimum Gasteiger partial charge on any atom is -0.495 e. The number of benzene rings is 2. The molecule has 0 saturated carbocycles. The molecule has 1 unspecified atom stereocenters. The van der Waals surface area contributed by atoms with E-state index in [9.17, 15) is 13.2 Å². The number of rotatable bonds is 7. The molecule has 0 fully saturated rings. The van der Waals surface area contributed by atoms with Crippen LogP contribution in [0.1, 0.15) is 18.1 Å². The topological polar surface area (TPSA) is 75.7 Å². The maximum atomic E-state index is 12.7. The molecule has 0 aliphatic heterocycles. The number of nitrogens with one attached hydrogen (secondary N) is 1. The third kappa shape index (κ3) is 5.14. The average Bonchev–Trinajstić information content (AvgIpc) is 2.60. The van der Waals surface area contributed by atoms with Crippen molar-refractivity contribution in [1.29, 1.82) is 0 Å². The number of hydrogen-bond donors (Lipinski definition) is 1. The van der Waals surface area contributed by atoms with Crippen molar-refractivity contribution in [2.24, 2.45) is 0 Å². The van der Waals surface area contributed by atoms with Gasteiger partial charge >= 0.3 is 0 Å². The van der Waals surface area contributed by atoms with Gasteiger partial charge in [0.25, 0.3) is 0 Å². The maximum Gasteiger partial charge on any atom is 0.243 e. The van der Waals surface area contributed by atoms with Crippen LogP contribution >= 0.6 is 11.6 Å². The van der Waals surface area contributed by atoms with Crippen LogP contribution in [0.4, 0.5) is 5.69 Å². The summed E-state index contributed by atoms with van der Waals surface area (Å²) in [6, 6.07) is 11.3. The van der Waals surface area contributed by atoms with Gasteiger partial charge in [0.15, 0.2) is 0 Å². The number of aryl methyl sites for hydroxylation is 1. The number of ether oxygens (including phenoxy) is 1. The first-order valence-electron chi connectivity index (χ1n) is 8.30. The summed E-state index contributed by atoms with van der Waals surface area (Å²) >= 11 is 6.03. The standard InChI is InChI=1S/C19H23ClN2O4S/c1-13-7-5-6-8-15(13)12-21-19(23)14(2)22(27(4,24)25)17-11-16(20)9-10-18(17)26-3/h5-11,14H,12H2,1-4H3,(H,21,23). The minimum atomic E-state index is -3.77. The van der Waals surface area contributed by atoms with Crippen molar-refractivity contribution in [3.8, 4) is 5.75 Å². The van der Waals surface area contributed by atoms with Gasteiger partial charge in [-0.15, -0.1) is 0 Å². The number of methoxy groups -OCH3 is 1. The van der Waals surface area contributed by atoms with Crippen LogP contribution in [0.5, 0.6) is 5.75 Å². The molecule has 146 valence electrons. The van der Waals surface area contributed by atoms with E-state index in [0.717, 1.165) is 21.7 Å². The minimum absolute atomic E-state index is 0.214. The monoisotopic (exact) mass is 410 g/mol. The average molecular weight is 411 g/mol. The number of halogens is 1. The second kappa shape index (κ2) is 8.63. The lowest BCUT2D eigenvalue weighted by molar-refractivity contribution is -0.122. The molecule has 8 heteroatoms. The molecular formula is C19H23ClN2O4S. The summed E-state index contributed by atoms with van der Waals surface area (Å²) in [5.41, 5.74) is 2.22.